The Morgan fingerprint density at radius 1 is 0.500 bits per heavy atom. The predicted molar refractivity (Wildman–Crippen MR) is 241 cm³/mol. The quantitative estimate of drug-likeness (QED) is 0.170. The van der Waals surface area contributed by atoms with Crippen LogP contribution < -0.4 is 0 Å². The molecule has 0 nitrogen and oxygen atoms in total. The van der Waals surface area contributed by atoms with Crippen LogP contribution in [0.1, 0.15) is 83.2 Å². The van der Waals surface area contributed by atoms with Crippen molar-refractivity contribution < 1.29 is 0 Å². The Morgan fingerprint density at radius 3 is 1.71 bits per heavy atom. The van der Waals surface area contributed by atoms with E-state index in [1.54, 1.807) is 5.57 Å². The van der Waals surface area contributed by atoms with E-state index in [1.807, 2.05) is 0 Å². The highest BCUT2D eigenvalue weighted by Crippen LogP contribution is 2.57. The van der Waals surface area contributed by atoms with Crippen molar-refractivity contribution in [1.29, 1.82) is 0 Å². The van der Waals surface area contributed by atoms with Gasteiger partial charge in [0, 0.05) is 5.92 Å². The van der Waals surface area contributed by atoms with Gasteiger partial charge in [-0.1, -0.05) is 207 Å². The van der Waals surface area contributed by atoms with Crippen molar-refractivity contribution in [2.45, 2.75) is 66.2 Å². The van der Waals surface area contributed by atoms with E-state index in [9.17, 15) is 0 Å². The fourth-order valence-electron chi connectivity index (χ4n) is 9.13. The minimum atomic E-state index is -0.187. The zero-order chi connectivity index (χ0) is 39.2. The van der Waals surface area contributed by atoms with Crippen LogP contribution in [0.4, 0.5) is 0 Å². The second-order valence-corrected chi connectivity index (χ2v) is 16.1. The second kappa shape index (κ2) is 17.0. The largest absolute Gasteiger partial charge is 0.0808 e. The second-order valence-electron chi connectivity index (χ2n) is 16.1. The van der Waals surface area contributed by atoms with Gasteiger partial charge in [-0.3, -0.25) is 0 Å². The molecule has 3 aliphatic carbocycles. The van der Waals surface area contributed by atoms with Crippen molar-refractivity contribution in [3.8, 4) is 11.1 Å². The van der Waals surface area contributed by atoms with Gasteiger partial charge in [-0.25, -0.2) is 0 Å². The third kappa shape index (κ3) is 7.71. The Bertz CT molecular complexity index is 2380. The van der Waals surface area contributed by atoms with Crippen LogP contribution in [0.25, 0.3) is 16.7 Å². The molecule has 0 aliphatic heterocycles. The van der Waals surface area contributed by atoms with Crippen LogP contribution >= 0.6 is 0 Å². The van der Waals surface area contributed by atoms with Crippen molar-refractivity contribution in [2.24, 2.45) is 11.8 Å². The summed E-state index contributed by atoms with van der Waals surface area (Å²) in [6, 6.07) is 54.9. The lowest BCUT2D eigenvalue weighted by Crippen LogP contribution is -2.31. The Kier molecular flexibility index (Phi) is 11.7. The summed E-state index contributed by atoms with van der Waals surface area (Å²) in [4.78, 5) is 0. The molecule has 0 heteroatoms. The van der Waals surface area contributed by atoms with E-state index in [1.165, 1.54) is 72.3 Å². The van der Waals surface area contributed by atoms with E-state index in [2.05, 4.69) is 231 Å². The van der Waals surface area contributed by atoms with Gasteiger partial charge >= 0.3 is 0 Å². The SMILES string of the molecule is CC1=CC(C)C(c2ccccc2C)C=C1.CC1C=CC2=C(C1)C(c1ccccc1)(c1ccccc1)c1ccccc12.Cc1ccc(C)c(-c2ccccc2C)c1. The molecule has 0 N–H and O–H groups in total. The molecule has 0 fully saturated rings. The van der Waals surface area contributed by atoms with Crippen LogP contribution in [0.2, 0.25) is 0 Å². The molecule has 0 saturated heterocycles. The van der Waals surface area contributed by atoms with Crippen molar-refractivity contribution in [3.63, 3.8) is 0 Å². The third-order valence-corrected chi connectivity index (χ3v) is 12.0. The molecule has 9 rings (SSSR count). The zero-order valence-electron chi connectivity index (χ0n) is 34.3. The summed E-state index contributed by atoms with van der Waals surface area (Å²) in [5.41, 5.74) is 19.3. The molecule has 280 valence electrons. The van der Waals surface area contributed by atoms with Crippen molar-refractivity contribution in [2.75, 3.05) is 0 Å². The van der Waals surface area contributed by atoms with E-state index in [-0.39, 0.29) is 5.41 Å². The summed E-state index contributed by atoms with van der Waals surface area (Å²) < 4.78 is 0. The summed E-state index contributed by atoms with van der Waals surface area (Å²) in [5, 5.41) is 0. The zero-order valence-corrected chi connectivity index (χ0v) is 34.3. The predicted octanol–water partition coefficient (Wildman–Crippen LogP) is 14.9. The molecule has 3 atom stereocenters. The first-order chi connectivity index (χ1) is 27.2. The fraction of sp³-hybridized carbons (Fsp3) is 0.214. The van der Waals surface area contributed by atoms with Crippen molar-refractivity contribution >= 4 is 5.57 Å². The first kappa shape index (κ1) is 38.6. The topological polar surface area (TPSA) is 0 Å². The summed E-state index contributed by atoms with van der Waals surface area (Å²) in [7, 11) is 0. The molecule has 6 aromatic carbocycles. The lowest BCUT2D eigenvalue weighted by atomic mass is 9.65. The van der Waals surface area contributed by atoms with Crippen LogP contribution in [-0.4, -0.2) is 0 Å². The van der Waals surface area contributed by atoms with Gasteiger partial charge in [-0.15, -0.1) is 0 Å². The van der Waals surface area contributed by atoms with Gasteiger partial charge in [0.25, 0.3) is 0 Å². The minimum Gasteiger partial charge on any atom is -0.0808 e. The maximum atomic E-state index is 2.36. The molecule has 0 aromatic heterocycles. The van der Waals surface area contributed by atoms with Gasteiger partial charge in [-0.05, 0) is 120 Å². The van der Waals surface area contributed by atoms with Crippen molar-refractivity contribution in [3.05, 3.63) is 243 Å². The highest BCUT2D eigenvalue weighted by Gasteiger charge is 2.47. The van der Waals surface area contributed by atoms with E-state index >= 15 is 0 Å². The third-order valence-electron chi connectivity index (χ3n) is 12.0. The van der Waals surface area contributed by atoms with Gasteiger partial charge in [0.15, 0.2) is 0 Å². The number of hydrogen-bond donors (Lipinski definition) is 0. The van der Waals surface area contributed by atoms with Crippen LogP contribution in [0.15, 0.2) is 193 Å². The standard InChI is InChI=1S/C26H22.C15H18.C15H16/c1-19-16-17-23-22-14-8-9-15-24(22)26(25(23)18-19,20-10-4-2-5-11-20)21-12-6-3-7-13-21;1-11-8-9-15(13(3)10-11)14-7-5-4-6-12(14)2;1-11-8-9-13(3)15(10-11)14-7-5-4-6-12(14)2/h2-17,19H,18H2,1H3;4-10,13,15H,1-3H3;4-10H,1-3H3. The molecular formula is C56H56. The van der Waals surface area contributed by atoms with Gasteiger partial charge in [-0.2, -0.15) is 0 Å². The summed E-state index contributed by atoms with van der Waals surface area (Å²) in [6.45, 7) is 15.5. The molecule has 56 heavy (non-hydrogen) atoms. The van der Waals surface area contributed by atoms with Gasteiger partial charge in [0.05, 0.1) is 5.41 Å². The van der Waals surface area contributed by atoms with Crippen LogP contribution in [0, 0.1) is 39.5 Å². The lowest BCUT2D eigenvalue weighted by Gasteiger charge is -2.37. The number of allylic oxidation sites excluding steroid dienone is 8. The number of rotatable bonds is 4. The number of fused-ring (bicyclic) bond motifs is 2. The molecule has 0 amide bonds. The average Bonchev–Trinajstić information content (AvgIpc) is 3.51. The summed E-state index contributed by atoms with van der Waals surface area (Å²) >= 11 is 0. The molecule has 0 bridgehead atoms. The monoisotopic (exact) mass is 728 g/mol. The Morgan fingerprint density at radius 2 is 1.07 bits per heavy atom. The first-order valence-electron chi connectivity index (χ1n) is 20.4. The van der Waals surface area contributed by atoms with E-state index in [0.717, 1.165) is 6.42 Å². The first-order valence-corrected chi connectivity index (χ1v) is 20.4. The molecule has 6 aromatic rings. The highest BCUT2D eigenvalue weighted by atomic mass is 14.5. The smallest absolute Gasteiger partial charge is 0.0676 e. The lowest BCUT2D eigenvalue weighted by molar-refractivity contribution is 0.622. The van der Waals surface area contributed by atoms with E-state index < -0.39 is 0 Å². The number of aryl methyl sites for hydroxylation is 4. The van der Waals surface area contributed by atoms with Crippen LogP contribution in [0.3, 0.4) is 0 Å². The molecule has 0 spiro atoms. The summed E-state index contributed by atoms with van der Waals surface area (Å²) in [5.74, 6) is 1.72. The molecule has 3 unspecified atom stereocenters. The number of benzene rings is 6. The highest BCUT2D eigenvalue weighted by molar-refractivity contribution is 5.90. The molecule has 0 heterocycles. The molecule has 3 aliphatic rings. The maximum Gasteiger partial charge on any atom is 0.0676 e. The number of hydrogen-bond acceptors (Lipinski definition) is 0. The van der Waals surface area contributed by atoms with Gasteiger partial charge in [0.2, 0.25) is 0 Å². The normalized spacial score (nSPS) is 18.8. The molecule has 0 saturated carbocycles. The van der Waals surface area contributed by atoms with Gasteiger partial charge < -0.3 is 0 Å². The Labute approximate surface area is 336 Å². The van der Waals surface area contributed by atoms with Crippen LogP contribution in [0.5, 0.6) is 0 Å². The summed E-state index contributed by atoms with van der Waals surface area (Å²) in [6.07, 6.45) is 12.7. The maximum absolute atomic E-state index is 2.36. The molecule has 0 radical (unpaired) electrons. The fourth-order valence-corrected chi connectivity index (χ4v) is 9.13. The van der Waals surface area contributed by atoms with Gasteiger partial charge in [0.1, 0.15) is 0 Å². The Hall–Kier alpha value is -5.72. The van der Waals surface area contributed by atoms with Crippen LogP contribution in [-0.2, 0) is 5.41 Å². The van der Waals surface area contributed by atoms with Crippen molar-refractivity contribution in [1.82, 2.24) is 0 Å². The molecular weight excluding hydrogens is 673 g/mol. The average molecular weight is 729 g/mol. The Balaban J connectivity index is 0.000000138. The minimum absolute atomic E-state index is 0.187. The van der Waals surface area contributed by atoms with E-state index in [4.69, 9.17) is 0 Å². The van der Waals surface area contributed by atoms with E-state index in [0.29, 0.717) is 17.8 Å².